The second-order valence-electron chi connectivity index (χ2n) is 5.92. The topological polar surface area (TPSA) is 37.6 Å². The molecule has 6 heteroatoms. The highest BCUT2D eigenvalue weighted by molar-refractivity contribution is 9.10. The Morgan fingerprint density at radius 2 is 1.85 bits per heavy atom. The Hall–Kier alpha value is -2.31. The number of hydrogen-bond acceptors (Lipinski definition) is 3. The van der Waals surface area contributed by atoms with Gasteiger partial charge in [-0.25, -0.2) is 0 Å². The van der Waals surface area contributed by atoms with Crippen LogP contribution in [-0.4, -0.2) is 16.6 Å². The molecule has 4 nitrogen and oxygen atoms in total. The molecule has 0 fully saturated rings. The van der Waals surface area contributed by atoms with Crippen molar-refractivity contribution in [3.8, 4) is 5.75 Å². The number of nitrogens with zero attached hydrogens (tertiary/aromatic N) is 1. The van der Waals surface area contributed by atoms with E-state index in [1.807, 2.05) is 55.5 Å². The Balaban J connectivity index is 1.78. The minimum atomic E-state index is 0.575. The number of para-hydroxylation sites is 2. The summed E-state index contributed by atoms with van der Waals surface area (Å²) < 4.78 is 12.3. The largest absolute Gasteiger partial charge is 0.492 e. The molecule has 1 heterocycles. The Labute approximate surface area is 173 Å². The van der Waals surface area contributed by atoms with Gasteiger partial charge in [-0.1, -0.05) is 40.2 Å². The highest BCUT2D eigenvalue weighted by atomic mass is 79.9. The number of halogens is 1. The van der Waals surface area contributed by atoms with Crippen LogP contribution in [-0.2, 0) is 13.1 Å². The molecule has 0 bridgehead atoms. The van der Waals surface area contributed by atoms with Crippen molar-refractivity contribution in [1.29, 1.82) is 0 Å². The lowest BCUT2D eigenvalue weighted by molar-refractivity contribution is 0.341. The molecule has 3 aromatic rings. The third-order valence-electron chi connectivity index (χ3n) is 3.93. The maximum absolute atomic E-state index is 5.71. The van der Waals surface area contributed by atoms with Gasteiger partial charge in [-0.05, 0) is 61.1 Å². The molecule has 0 aliphatic carbocycles. The summed E-state index contributed by atoms with van der Waals surface area (Å²) in [5, 5.41) is 3.93. The second-order valence-corrected chi connectivity index (χ2v) is 7.22. The Kier molecular flexibility index (Phi) is 6.90. The summed E-state index contributed by atoms with van der Waals surface area (Å²) in [5.41, 5.74) is 2.01. The lowest BCUT2D eigenvalue weighted by atomic mass is 10.2. The summed E-state index contributed by atoms with van der Waals surface area (Å²) in [6.07, 6.45) is 1.67. The lowest BCUT2D eigenvalue weighted by Crippen LogP contribution is -2.33. The fourth-order valence-corrected chi connectivity index (χ4v) is 3.15. The van der Waals surface area contributed by atoms with Crippen LogP contribution in [0.2, 0.25) is 0 Å². The van der Waals surface area contributed by atoms with Crippen molar-refractivity contribution < 1.29 is 9.15 Å². The molecule has 0 atom stereocenters. The molecule has 0 unspecified atom stereocenters. The number of hydrogen-bond donors (Lipinski definition) is 1. The van der Waals surface area contributed by atoms with Gasteiger partial charge in [0.2, 0.25) is 0 Å². The van der Waals surface area contributed by atoms with Gasteiger partial charge < -0.3 is 19.4 Å². The molecule has 0 amide bonds. The van der Waals surface area contributed by atoms with Gasteiger partial charge in [0.25, 0.3) is 0 Å². The zero-order valence-corrected chi connectivity index (χ0v) is 17.4. The monoisotopic (exact) mass is 444 g/mol. The van der Waals surface area contributed by atoms with Crippen molar-refractivity contribution in [1.82, 2.24) is 4.90 Å². The standard InChI is InChI=1S/C21H21BrN2O2S/c1-2-25-20-8-4-3-7-19(20)23-21(27)24(15-18-6-5-13-26-18)14-16-9-11-17(22)12-10-16/h3-13H,2,14-15H2,1H3,(H,23,27). The zero-order chi connectivity index (χ0) is 19.1. The predicted molar refractivity (Wildman–Crippen MR) is 116 cm³/mol. The predicted octanol–water partition coefficient (Wildman–Crippen LogP) is 5.84. The average molecular weight is 445 g/mol. The molecular formula is C21H21BrN2O2S. The van der Waals surface area contributed by atoms with Crippen molar-refractivity contribution in [2.45, 2.75) is 20.0 Å². The van der Waals surface area contributed by atoms with E-state index >= 15 is 0 Å². The van der Waals surface area contributed by atoms with E-state index in [2.05, 4.69) is 38.3 Å². The average Bonchev–Trinajstić information content (AvgIpc) is 3.18. The first-order chi connectivity index (χ1) is 13.2. The molecule has 27 heavy (non-hydrogen) atoms. The number of ether oxygens (including phenoxy) is 1. The highest BCUT2D eigenvalue weighted by Crippen LogP contribution is 2.25. The summed E-state index contributed by atoms with van der Waals surface area (Å²) in [4.78, 5) is 2.07. The quantitative estimate of drug-likeness (QED) is 0.463. The molecule has 2 aromatic carbocycles. The van der Waals surface area contributed by atoms with Crippen molar-refractivity contribution in [2.75, 3.05) is 11.9 Å². The van der Waals surface area contributed by atoms with Gasteiger partial charge in [-0.2, -0.15) is 0 Å². The van der Waals surface area contributed by atoms with E-state index in [-0.39, 0.29) is 0 Å². The van der Waals surface area contributed by atoms with Crippen LogP contribution in [0.4, 0.5) is 5.69 Å². The van der Waals surface area contributed by atoms with Crippen LogP contribution in [0.15, 0.2) is 75.8 Å². The fraction of sp³-hybridized carbons (Fsp3) is 0.190. The second kappa shape index (κ2) is 9.58. The Morgan fingerprint density at radius 3 is 2.56 bits per heavy atom. The highest BCUT2D eigenvalue weighted by Gasteiger charge is 2.15. The van der Waals surface area contributed by atoms with Crippen LogP contribution < -0.4 is 10.1 Å². The van der Waals surface area contributed by atoms with Crippen LogP contribution in [0, 0.1) is 0 Å². The van der Waals surface area contributed by atoms with Crippen LogP contribution in [0.25, 0.3) is 0 Å². The molecule has 140 valence electrons. The van der Waals surface area contributed by atoms with Gasteiger partial charge >= 0.3 is 0 Å². The summed E-state index contributed by atoms with van der Waals surface area (Å²) in [7, 11) is 0. The molecule has 0 spiro atoms. The first kappa shape index (κ1) is 19.5. The molecule has 0 saturated carbocycles. The first-order valence-electron chi connectivity index (χ1n) is 8.70. The molecule has 3 rings (SSSR count). The normalized spacial score (nSPS) is 10.4. The van der Waals surface area contributed by atoms with Crippen LogP contribution in [0.5, 0.6) is 5.75 Å². The summed E-state index contributed by atoms with van der Waals surface area (Å²) >= 11 is 9.18. The van der Waals surface area contributed by atoms with E-state index < -0.39 is 0 Å². The minimum absolute atomic E-state index is 0.575. The third-order valence-corrected chi connectivity index (χ3v) is 4.82. The van der Waals surface area contributed by atoms with E-state index in [1.165, 1.54) is 0 Å². The van der Waals surface area contributed by atoms with Gasteiger partial charge in [-0.3, -0.25) is 0 Å². The van der Waals surface area contributed by atoms with Gasteiger partial charge in [0, 0.05) is 11.0 Å². The summed E-state index contributed by atoms with van der Waals surface area (Å²) in [6, 6.07) is 19.8. The number of nitrogens with one attached hydrogen (secondary N) is 1. The number of benzene rings is 2. The van der Waals surface area contributed by atoms with Gasteiger partial charge in [0.15, 0.2) is 5.11 Å². The molecule has 1 N–H and O–H groups in total. The number of anilines is 1. The van der Waals surface area contributed by atoms with E-state index in [4.69, 9.17) is 21.4 Å². The Bertz CT molecular complexity index is 866. The van der Waals surface area contributed by atoms with Gasteiger partial charge in [0.1, 0.15) is 11.5 Å². The van der Waals surface area contributed by atoms with E-state index in [1.54, 1.807) is 6.26 Å². The first-order valence-corrected chi connectivity index (χ1v) is 9.90. The zero-order valence-electron chi connectivity index (χ0n) is 15.0. The summed E-state index contributed by atoms with van der Waals surface area (Å²) in [5.74, 6) is 1.64. The Morgan fingerprint density at radius 1 is 1.07 bits per heavy atom. The maximum Gasteiger partial charge on any atom is 0.174 e. The smallest absolute Gasteiger partial charge is 0.174 e. The van der Waals surface area contributed by atoms with Crippen LogP contribution >= 0.6 is 28.1 Å². The van der Waals surface area contributed by atoms with Crippen LogP contribution in [0.3, 0.4) is 0 Å². The molecular weight excluding hydrogens is 424 g/mol. The number of thiocarbonyl (C=S) groups is 1. The molecule has 0 aliphatic heterocycles. The van der Waals surface area contributed by atoms with E-state index in [0.717, 1.165) is 27.2 Å². The van der Waals surface area contributed by atoms with Crippen LogP contribution in [0.1, 0.15) is 18.2 Å². The van der Waals surface area contributed by atoms with Gasteiger partial charge in [-0.15, -0.1) is 0 Å². The SMILES string of the molecule is CCOc1ccccc1NC(=S)N(Cc1ccc(Br)cc1)Cc1ccco1. The third kappa shape index (κ3) is 5.58. The van der Waals surface area contributed by atoms with E-state index in [0.29, 0.717) is 24.8 Å². The van der Waals surface area contributed by atoms with E-state index in [9.17, 15) is 0 Å². The molecule has 0 aliphatic rings. The van der Waals surface area contributed by atoms with Crippen molar-refractivity contribution in [2.24, 2.45) is 0 Å². The lowest BCUT2D eigenvalue weighted by Gasteiger charge is -2.26. The molecule has 0 radical (unpaired) electrons. The maximum atomic E-state index is 5.71. The molecule has 0 saturated heterocycles. The summed E-state index contributed by atoms with van der Waals surface area (Å²) in [6.45, 7) is 3.80. The van der Waals surface area contributed by atoms with Crippen molar-refractivity contribution >= 4 is 38.9 Å². The minimum Gasteiger partial charge on any atom is -0.492 e. The molecule has 1 aromatic heterocycles. The fourth-order valence-electron chi connectivity index (χ4n) is 2.65. The van der Waals surface area contributed by atoms with Gasteiger partial charge in [0.05, 0.1) is 25.1 Å². The van der Waals surface area contributed by atoms with Crippen molar-refractivity contribution in [3.63, 3.8) is 0 Å². The van der Waals surface area contributed by atoms with Crippen molar-refractivity contribution in [3.05, 3.63) is 82.7 Å². The number of furan rings is 1. The number of rotatable bonds is 7.